The Bertz CT molecular complexity index is 1900. The number of esters is 4. The van der Waals surface area contributed by atoms with Gasteiger partial charge in [-0.05, 0) is 51.4 Å². The number of hydrogen-bond acceptors (Lipinski definition) is 18. The van der Waals surface area contributed by atoms with Gasteiger partial charge in [0.1, 0.15) is 13.2 Å². The molecule has 0 fully saturated rings. The van der Waals surface area contributed by atoms with E-state index in [1.165, 1.54) is 180 Å². The molecule has 0 aromatic heterocycles. The van der Waals surface area contributed by atoms with E-state index in [9.17, 15) is 47.7 Å². The molecule has 590 valence electrons. The summed E-state index contributed by atoms with van der Waals surface area (Å²) in [6.07, 6.45) is 52.3. The molecule has 20 nitrogen and oxygen atoms in total. The van der Waals surface area contributed by atoms with Crippen LogP contribution in [0.25, 0.3) is 0 Å². The number of nitrogens with one attached hydrogen (secondary N) is 2. The largest absolute Gasteiger partial charge is 0.472 e. The second-order valence-electron chi connectivity index (χ2n) is 27.2. The van der Waals surface area contributed by atoms with E-state index in [-0.39, 0.29) is 89.9 Å². The number of carbonyl (C=O) groups excluding carboxylic acids is 6. The summed E-state index contributed by atoms with van der Waals surface area (Å²) in [5.74, 6) is -0.684. The molecule has 0 bridgehead atoms. The fraction of sp³-hybridized carbons (Fsp3) is 0.921. The Kier molecular flexibility index (Phi) is 72.0. The number of carbonyl (C=O) groups is 6. The van der Waals surface area contributed by atoms with Gasteiger partial charge in [-0.25, -0.2) is 9.13 Å². The van der Waals surface area contributed by atoms with E-state index in [0.29, 0.717) is 38.5 Å². The van der Waals surface area contributed by atoms with Crippen molar-refractivity contribution in [2.75, 3.05) is 64.2 Å². The average Bonchev–Trinajstić information content (AvgIpc) is 0.951. The summed E-state index contributed by atoms with van der Waals surface area (Å²) in [6, 6.07) is 0. The van der Waals surface area contributed by atoms with Crippen molar-refractivity contribution in [1.29, 1.82) is 0 Å². The minimum Gasteiger partial charge on any atom is -0.462 e. The van der Waals surface area contributed by atoms with Crippen LogP contribution in [0.15, 0.2) is 0 Å². The van der Waals surface area contributed by atoms with Crippen molar-refractivity contribution in [2.45, 2.75) is 387 Å². The first-order valence-electron chi connectivity index (χ1n) is 40.3. The van der Waals surface area contributed by atoms with Crippen LogP contribution in [0.2, 0.25) is 0 Å². The molecule has 0 aliphatic carbocycles. The van der Waals surface area contributed by atoms with E-state index in [2.05, 4.69) is 38.3 Å². The number of hydrogen-bond donors (Lipinski definition) is 4. The fourth-order valence-electron chi connectivity index (χ4n) is 11.3. The fourth-order valence-corrected chi connectivity index (χ4v) is 15.1. The summed E-state index contributed by atoms with van der Waals surface area (Å²) in [5.41, 5.74) is 0. The summed E-state index contributed by atoms with van der Waals surface area (Å²) < 4.78 is 68.3. The molecular weight excluding hydrogens is 1350 g/mol. The van der Waals surface area contributed by atoms with Gasteiger partial charge in [-0.2, -0.15) is 0 Å². The second kappa shape index (κ2) is 73.6. The molecule has 24 heteroatoms. The van der Waals surface area contributed by atoms with Crippen molar-refractivity contribution in [3.05, 3.63) is 0 Å². The van der Waals surface area contributed by atoms with Gasteiger partial charge in [-0.1, -0.05) is 306 Å². The van der Waals surface area contributed by atoms with Crippen molar-refractivity contribution in [3.8, 4) is 0 Å². The Morgan fingerprint density at radius 1 is 0.300 bits per heavy atom. The molecule has 0 aromatic carbocycles. The van der Waals surface area contributed by atoms with E-state index in [4.69, 9.17) is 37.0 Å². The normalized spacial score (nSPS) is 13.3. The molecule has 100 heavy (non-hydrogen) atoms. The van der Waals surface area contributed by atoms with Crippen molar-refractivity contribution < 1.29 is 84.7 Å². The summed E-state index contributed by atoms with van der Waals surface area (Å²) in [4.78, 5) is 96.9. The van der Waals surface area contributed by atoms with Crippen molar-refractivity contribution >= 4 is 72.9 Å². The first-order chi connectivity index (χ1) is 48.6. The topological polar surface area (TPSA) is 275 Å². The Balaban J connectivity index is 4.60. The Morgan fingerprint density at radius 3 is 0.790 bits per heavy atom. The molecular formula is C76H146N2O18P2S2. The van der Waals surface area contributed by atoms with Crippen molar-refractivity contribution in [1.82, 2.24) is 10.6 Å². The van der Waals surface area contributed by atoms with Gasteiger partial charge in [-0.15, -0.1) is 0 Å². The third kappa shape index (κ3) is 72.7. The third-order valence-corrected chi connectivity index (χ3v) is 22.0. The van der Waals surface area contributed by atoms with E-state index in [0.717, 1.165) is 101 Å². The molecule has 0 aliphatic rings. The van der Waals surface area contributed by atoms with Gasteiger partial charge in [0, 0.05) is 63.1 Å². The van der Waals surface area contributed by atoms with Crippen molar-refractivity contribution in [3.63, 3.8) is 0 Å². The quantitative estimate of drug-likeness (QED) is 0.0145. The van der Waals surface area contributed by atoms with Crippen LogP contribution >= 0.6 is 37.2 Å². The van der Waals surface area contributed by atoms with Crippen LogP contribution in [-0.4, -0.2) is 122 Å². The molecule has 0 spiro atoms. The highest BCUT2D eigenvalue weighted by atomic mass is 33.1. The predicted molar refractivity (Wildman–Crippen MR) is 408 cm³/mol. The smallest absolute Gasteiger partial charge is 0.462 e. The molecule has 4 N–H and O–H groups in total. The first kappa shape index (κ1) is 97.7. The lowest BCUT2D eigenvalue weighted by Crippen LogP contribution is -2.30. The minimum atomic E-state index is -4.62. The lowest BCUT2D eigenvalue weighted by molar-refractivity contribution is -0.161. The minimum absolute atomic E-state index is 0.0282. The van der Waals surface area contributed by atoms with Gasteiger partial charge >= 0.3 is 39.5 Å². The first-order valence-corrected chi connectivity index (χ1v) is 45.8. The standard InChI is InChI=1S/C76H146N2O18P2S2/c1-5-9-13-17-21-25-29-33-37-41-45-55-73(81)89-65-69(95-75(83)57-47-43-39-35-31-27-23-19-15-11-7-3)67-93-97(85,86)91-61-59-77-71(79)53-49-51-63-99-100-64-52-50-54-72(80)78-60-62-92-98(87,88)94-68-70(96-76(84)58-48-44-40-36-32-28-24-20-16-12-8-4)66-90-74(82)56-46-42-38-34-30-26-22-18-14-10-6-2/h69-70H,5-68H2,1-4H3,(H,77,79)(H,78,80)(H,85,86)(H,87,88)/t69-,70-/m1/s1. The Labute approximate surface area is 615 Å². The number of amides is 2. The molecule has 0 aromatic rings. The van der Waals surface area contributed by atoms with Crippen molar-refractivity contribution in [2.24, 2.45) is 0 Å². The molecule has 2 amide bonds. The number of rotatable bonds is 79. The number of unbranched alkanes of at least 4 members (excludes halogenated alkanes) is 42. The second-order valence-corrected chi connectivity index (χ2v) is 32.8. The SMILES string of the molecule is CCCCCCCCCCCCCC(=O)OC[C@H](COP(=O)(O)OCCNC(=O)CCCCSSCCCCC(=O)NCCOP(=O)(O)OC[C@@H](COC(=O)CCCCCCCCCCCCC)OC(=O)CCCCCCCCCCCCC)OC(=O)CCCCCCCCCCCCC. The van der Waals surface area contributed by atoms with Gasteiger partial charge in [0.05, 0.1) is 26.4 Å². The molecule has 0 heterocycles. The maximum Gasteiger partial charge on any atom is 0.472 e. The molecule has 0 saturated heterocycles. The third-order valence-electron chi connectivity index (χ3n) is 17.4. The van der Waals surface area contributed by atoms with Crippen LogP contribution in [0, 0.1) is 0 Å². The van der Waals surface area contributed by atoms with E-state index < -0.39 is 64.9 Å². The predicted octanol–water partition coefficient (Wildman–Crippen LogP) is 20.9. The van der Waals surface area contributed by atoms with Crippen LogP contribution in [0.1, 0.15) is 374 Å². The monoisotopic (exact) mass is 1500 g/mol. The van der Waals surface area contributed by atoms with E-state index >= 15 is 0 Å². The van der Waals surface area contributed by atoms with Gasteiger partial charge in [0.2, 0.25) is 11.8 Å². The average molecular weight is 1500 g/mol. The van der Waals surface area contributed by atoms with E-state index in [1.807, 2.05) is 0 Å². The molecule has 2 unspecified atom stereocenters. The summed E-state index contributed by atoms with van der Waals surface area (Å²) >= 11 is 0. The highest BCUT2D eigenvalue weighted by Crippen LogP contribution is 2.44. The van der Waals surface area contributed by atoms with Gasteiger partial charge in [-0.3, -0.25) is 46.9 Å². The van der Waals surface area contributed by atoms with Gasteiger partial charge < -0.3 is 39.4 Å². The highest BCUT2D eigenvalue weighted by Gasteiger charge is 2.28. The molecule has 0 radical (unpaired) electrons. The van der Waals surface area contributed by atoms with Crippen LogP contribution in [0.3, 0.4) is 0 Å². The number of phosphoric acid groups is 2. The lowest BCUT2D eigenvalue weighted by Gasteiger charge is -2.20. The molecule has 0 saturated carbocycles. The molecule has 4 atom stereocenters. The Hall–Kier alpha value is -2.26. The maximum absolute atomic E-state index is 12.9. The lowest BCUT2D eigenvalue weighted by atomic mass is 10.1. The van der Waals surface area contributed by atoms with Crippen LogP contribution in [0.4, 0.5) is 0 Å². The van der Waals surface area contributed by atoms with Crippen LogP contribution in [-0.2, 0) is 74.9 Å². The number of ether oxygens (including phenoxy) is 4. The summed E-state index contributed by atoms with van der Waals surface area (Å²) in [5, 5.41) is 5.37. The van der Waals surface area contributed by atoms with Gasteiger partial charge in [0.25, 0.3) is 0 Å². The van der Waals surface area contributed by atoms with Crippen LogP contribution in [0.5, 0.6) is 0 Å². The molecule has 0 rings (SSSR count). The van der Waals surface area contributed by atoms with Gasteiger partial charge in [0.15, 0.2) is 12.2 Å². The maximum atomic E-state index is 12.9. The number of phosphoric ester groups is 2. The zero-order valence-electron chi connectivity index (χ0n) is 63.5. The van der Waals surface area contributed by atoms with E-state index in [1.54, 1.807) is 21.6 Å². The highest BCUT2D eigenvalue weighted by molar-refractivity contribution is 8.76. The summed E-state index contributed by atoms with van der Waals surface area (Å²) in [7, 11) is -5.89. The molecule has 0 aliphatic heterocycles. The zero-order valence-corrected chi connectivity index (χ0v) is 67.0. The zero-order chi connectivity index (χ0) is 73.4. The Morgan fingerprint density at radius 2 is 0.530 bits per heavy atom. The summed E-state index contributed by atoms with van der Waals surface area (Å²) in [6.45, 7) is 6.55. The van der Waals surface area contributed by atoms with Crippen LogP contribution < -0.4 is 10.6 Å².